The summed E-state index contributed by atoms with van der Waals surface area (Å²) in [5.74, 6) is -0.104. The number of methoxy groups -OCH3 is 1. The molecule has 0 N–H and O–H groups in total. The van der Waals surface area contributed by atoms with Gasteiger partial charge in [0.05, 0.1) is 13.7 Å². The molecule has 1 aromatic carbocycles. The summed E-state index contributed by atoms with van der Waals surface area (Å²) < 4.78 is 9.91. The van der Waals surface area contributed by atoms with Crippen molar-refractivity contribution in [1.29, 1.82) is 0 Å². The molecule has 1 aromatic heterocycles. The van der Waals surface area contributed by atoms with Crippen LogP contribution in [0.2, 0.25) is 0 Å². The molecule has 126 valence electrons. The molecule has 0 unspecified atom stereocenters. The molecule has 0 bridgehead atoms. The minimum atomic E-state index is -0.543. The zero-order valence-electron chi connectivity index (χ0n) is 13.6. The number of nitrogens with zero attached hydrogens (tertiary/aromatic N) is 2. The highest BCUT2D eigenvalue weighted by molar-refractivity contribution is 5.86. The fraction of sp³-hybridized carbons (Fsp3) is 0.389. The van der Waals surface area contributed by atoms with Gasteiger partial charge in [0.15, 0.2) is 5.69 Å². The van der Waals surface area contributed by atoms with Gasteiger partial charge in [-0.15, -0.1) is 0 Å². The standard InChI is InChI=1S/C18H20N2O4/c1-23-18(22)15-12-24-16(19-15)11-20(14-8-9-14)17(21)10-7-13-5-3-2-4-6-13/h2-6,12,14H,7-11H2,1H3. The summed E-state index contributed by atoms with van der Waals surface area (Å²) in [6, 6.07) is 10.2. The van der Waals surface area contributed by atoms with Gasteiger partial charge in [-0.3, -0.25) is 4.79 Å². The minimum absolute atomic E-state index is 0.0826. The Morgan fingerprint density at radius 1 is 1.29 bits per heavy atom. The van der Waals surface area contributed by atoms with Crippen LogP contribution in [-0.2, 0) is 22.5 Å². The van der Waals surface area contributed by atoms with Crippen LogP contribution in [0.3, 0.4) is 0 Å². The largest absolute Gasteiger partial charge is 0.464 e. The molecular weight excluding hydrogens is 308 g/mol. The predicted octanol–water partition coefficient (Wildman–Crippen LogP) is 2.59. The number of hydrogen-bond acceptors (Lipinski definition) is 5. The number of carbonyl (C=O) groups is 2. The van der Waals surface area contributed by atoms with E-state index in [1.165, 1.54) is 13.4 Å². The van der Waals surface area contributed by atoms with E-state index in [-0.39, 0.29) is 24.2 Å². The summed E-state index contributed by atoms with van der Waals surface area (Å²) in [6.07, 6.45) is 4.43. The molecule has 2 aromatic rings. The first-order valence-corrected chi connectivity index (χ1v) is 8.03. The smallest absolute Gasteiger partial charge is 0.360 e. The highest BCUT2D eigenvalue weighted by atomic mass is 16.5. The third-order valence-corrected chi connectivity index (χ3v) is 4.03. The molecule has 1 fully saturated rings. The Bertz CT molecular complexity index is 707. The lowest BCUT2D eigenvalue weighted by Gasteiger charge is -2.20. The number of rotatable bonds is 7. The molecule has 1 amide bonds. The third-order valence-electron chi connectivity index (χ3n) is 4.03. The van der Waals surface area contributed by atoms with Crippen LogP contribution < -0.4 is 0 Å². The van der Waals surface area contributed by atoms with Gasteiger partial charge in [0.2, 0.25) is 11.8 Å². The van der Waals surface area contributed by atoms with Crippen LogP contribution in [-0.4, -0.2) is 34.9 Å². The monoisotopic (exact) mass is 328 g/mol. The number of aryl methyl sites for hydroxylation is 1. The first-order valence-electron chi connectivity index (χ1n) is 8.03. The lowest BCUT2D eigenvalue weighted by molar-refractivity contribution is -0.132. The van der Waals surface area contributed by atoms with Crippen molar-refractivity contribution in [2.45, 2.75) is 38.3 Å². The van der Waals surface area contributed by atoms with E-state index in [0.29, 0.717) is 18.7 Å². The maximum Gasteiger partial charge on any atom is 0.360 e. The van der Waals surface area contributed by atoms with Crippen LogP contribution in [0.5, 0.6) is 0 Å². The van der Waals surface area contributed by atoms with E-state index in [1.54, 1.807) is 4.90 Å². The van der Waals surface area contributed by atoms with Crippen LogP contribution in [0.4, 0.5) is 0 Å². The molecule has 6 heteroatoms. The molecule has 1 aliphatic rings. The molecule has 0 radical (unpaired) electrons. The molecule has 1 saturated carbocycles. The topological polar surface area (TPSA) is 72.6 Å². The molecule has 0 aliphatic heterocycles. The molecule has 0 spiro atoms. The lowest BCUT2D eigenvalue weighted by atomic mass is 10.1. The van der Waals surface area contributed by atoms with Gasteiger partial charge >= 0.3 is 5.97 Å². The minimum Gasteiger partial charge on any atom is -0.464 e. The van der Waals surface area contributed by atoms with Gasteiger partial charge in [-0.05, 0) is 24.8 Å². The van der Waals surface area contributed by atoms with Crippen molar-refractivity contribution >= 4 is 11.9 Å². The van der Waals surface area contributed by atoms with E-state index in [2.05, 4.69) is 9.72 Å². The molecular formula is C18H20N2O4. The van der Waals surface area contributed by atoms with Gasteiger partial charge in [-0.2, -0.15) is 0 Å². The summed E-state index contributed by atoms with van der Waals surface area (Å²) in [4.78, 5) is 29.9. The zero-order valence-corrected chi connectivity index (χ0v) is 13.6. The second-order valence-corrected chi connectivity index (χ2v) is 5.86. The van der Waals surface area contributed by atoms with E-state index in [4.69, 9.17) is 4.42 Å². The van der Waals surface area contributed by atoms with Crippen LogP contribution in [0.1, 0.15) is 41.2 Å². The average molecular weight is 328 g/mol. The highest BCUT2D eigenvalue weighted by Gasteiger charge is 2.33. The number of carbonyl (C=O) groups excluding carboxylic acids is 2. The number of hydrogen-bond donors (Lipinski definition) is 0. The summed E-state index contributed by atoms with van der Waals surface area (Å²) in [5, 5.41) is 0. The fourth-order valence-corrected chi connectivity index (χ4v) is 2.57. The molecule has 1 heterocycles. The third kappa shape index (κ3) is 4.01. The average Bonchev–Trinajstić information content (AvgIpc) is 3.35. The van der Waals surface area contributed by atoms with Crippen molar-refractivity contribution in [1.82, 2.24) is 9.88 Å². The number of benzene rings is 1. The normalized spacial score (nSPS) is 13.5. The number of ether oxygens (including phenoxy) is 1. The quantitative estimate of drug-likeness (QED) is 0.731. The van der Waals surface area contributed by atoms with E-state index < -0.39 is 5.97 Å². The molecule has 24 heavy (non-hydrogen) atoms. The van der Waals surface area contributed by atoms with Crippen LogP contribution in [0.25, 0.3) is 0 Å². The van der Waals surface area contributed by atoms with Gasteiger partial charge in [0.25, 0.3) is 0 Å². The SMILES string of the molecule is COC(=O)c1coc(CN(C(=O)CCc2ccccc2)C2CC2)n1. The number of amides is 1. The second kappa shape index (κ2) is 7.29. The Balaban J connectivity index is 1.61. The van der Waals surface area contributed by atoms with Crippen molar-refractivity contribution in [2.75, 3.05) is 7.11 Å². The maximum absolute atomic E-state index is 12.6. The summed E-state index contributed by atoms with van der Waals surface area (Å²) in [6.45, 7) is 0.287. The van der Waals surface area contributed by atoms with E-state index in [1.807, 2.05) is 30.3 Å². The fourth-order valence-electron chi connectivity index (χ4n) is 2.57. The first-order chi connectivity index (χ1) is 11.7. The lowest BCUT2D eigenvalue weighted by Crippen LogP contribution is -2.32. The molecule has 0 saturated heterocycles. The number of esters is 1. The van der Waals surface area contributed by atoms with Crippen LogP contribution in [0, 0.1) is 0 Å². The predicted molar refractivity (Wildman–Crippen MR) is 86.2 cm³/mol. The molecule has 1 aliphatic carbocycles. The Hall–Kier alpha value is -2.63. The van der Waals surface area contributed by atoms with Crippen LogP contribution >= 0.6 is 0 Å². The van der Waals surface area contributed by atoms with Crippen molar-refractivity contribution in [3.8, 4) is 0 Å². The van der Waals surface area contributed by atoms with E-state index in [0.717, 1.165) is 18.4 Å². The number of aromatic nitrogens is 1. The maximum atomic E-state index is 12.6. The Kier molecular flexibility index (Phi) is 4.93. The van der Waals surface area contributed by atoms with Crippen LogP contribution in [0.15, 0.2) is 41.0 Å². The summed E-state index contributed by atoms with van der Waals surface area (Å²) >= 11 is 0. The molecule has 0 atom stereocenters. The van der Waals surface area contributed by atoms with Gasteiger partial charge in [0, 0.05) is 12.5 Å². The van der Waals surface area contributed by atoms with Gasteiger partial charge < -0.3 is 14.1 Å². The Morgan fingerprint density at radius 2 is 2.04 bits per heavy atom. The Morgan fingerprint density at radius 3 is 2.71 bits per heavy atom. The van der Waals surface area contributed by atoms with Gasteiger partial charge in [-0.1, -0.05) is 30.3 Å². The van der Waals surface area contributed by atoms with Gasteiger partial charge in [0.1, 0.15) is 6.26 Å². The van der Waals surface area contributed by atoms with E-state index in [9.17, 15) is 9.59 Å². The Labute approximate surface area is 140 Å². The first kappa shape index (κ1) is 16.2. The molecule has 6 nitrogen and oxygen atoms in total. The van der Waals surface area contributed by atoms with E-state index >= 15 is 0 Å². The van der Waals surface area contributed by atoms with Crippen molar-refractivity contribution < 1.29 is 18.7 Å². The summed E-state index contributed by atoms with van der Waals surface area (Å²) in [5.41, 5.74) is 1.27. The highest BCUT2D eigenvalue weighted by Crippen LogP contribution is 2.29. The zero-order chi connectivity index (χ0) is 16.9. The summed E-state index contributed by atoms with van der Waals surface area (Å²) in [7, 11) is 1.29. The molecule has 3 rings (SSSR count). The van der Waals surface area contributed by atoms with Crippen molar-refractivity contribution in [2.24, 2.45) is 0 Å². The van der Waals surface area contributed by atoms with Gasteiger partial charge in [-0.25, -0.2) is 9.78 Å². The number of oxazole rings is 1. The second-order valence-electron chi connectivity index (χ2n) is 5.86. The van der Waals surface area contributed by atoms with Crippen molar-refractivity contribution in [3.63, 3.8) is 0 Å². The van der Waals surface area contributed by atoms with Crippen molar-refractivity contribution in [3.05, 3.63) is 53.7 Å².